The molecule has 9 heteroatoms. The van der Waals surface area contributed by atoms with E-state index in [0.717, 1.165) is 22.0 Å². The summed E-state index contributed by atoms with van der Waals surface area (Å²) in [4.78, 5) is 35.2. The number of rotatable bonds is 6. The number of aromatic nitrogens is 3. The zero-order chi connectivity index (χ0) is 21.3. The number of hydrogen-bond donors (Lipinski definition) is 0. The van der Waals surface area contributed by atoms with Crippen molar-refractivity contribution in [3.63, 3.8) is 0 Å². The molecule has 0 saturated carbocycles. The highest BCUT2D eigenvalue weighted by atomic mass is 32.1. The Labute approximate surface area is 180 Å². The molecule has 0 atom stereocenters. The van der Waals surface area contributed by atoms with E-state index in [1.807, 2.05) is 29.6 Å². The average Bonchev–Trinajstić information content (AvgIpc) is 3.35. The summed E-state index contributed by atoms with van der Waals surface area (Å²) < 4.78 is 11.8. The number of benzene rings is 1. The molecule has 0 spiro atoms. The molecule has 30 heavy (non-hydrogen) atoms. The monoisotopic (exact) mass is 441 g/mol. The first-order valence-corrected chi connectivity index (χ1v) is 11.0. The molecule has 154 valence electrons. The van der Waals surface area contributed by atoms with Crippen molar-refractivity contribution in [2.24, 2.45) is 0 Å². The lowest BCUT2D eigenvalue weighted by atomic mass is 10.2. The van der Waals surface area contributed by atoms with Crippen LogP contribution in [0, 0.1) is 6.92 Å². The summed E-state index contributed by atoms with van der Waals surface area (Å²) in [7, 11) is 1.63. The molecule has 0 radical (unpaired) electrons. The smallest absolute Gasteiger partial charge is 0.348 e. The molecule has 4 aromatic rings. The number of methoxy groups -OCH3 is 1. The molecule has 3 heterocycles. The number of aryl methyl sites for hydroxylation is 1. The third-order valence-electron chi connectivity index (χ3n) is 4.60. The number of fused-ring (bicyclic) bond motifs is 1. The van der Waals surface area contributed by atoms with Gasteiger partial charge in [-0.1, -0.05) is 0 Å². The number of thiophene rings is 1. The molecule has 0 amide bonds. The molecule has 1 aromatic carbocycles. The van der Waals surface area contributed by atoms with Gasteiger partial charge in [-0.05, 0) is 43.7 Å². The summed E-state index contributed by atoms with van der Waals surface area (Å²) >= 11 is 2.70. The molecule has 3 aromatic heterocycles. The molecule has 0 fully saturated rings. The number of hydrogen-bond acceptors (Lipinski definition) is 8. The summed E-state index contributed by atoms with van der Waals surface area (Å²) in [6.45, 7) is 4.09. The summed E-state index contributed by atoms with van der Waals surface area (Å²) in [5.74, 6) is 0.363. The lowest BCUT2D eigenvalue weighted by Gasteiger charge is -2.03. The second-order valence-electron chi connectivity index (χ2n) is 6.51. The lowest BCUT2D eigenvalue weighted by Crippen LogP contribution is -2.21. The Morgan fingerprint density at radius 2 is 2.00 bits per heavy atom. The van der Waals surface area contributed by atoms with Gasteiger partial charge in [0.15, 0.2) is 0 Å². The van der Waals surface area contributed by atoms with Crippen molar-refractivity contribution in [3.05, 3.63) is 62.5 Å². The molecule has 0 unspecified atom stereocenters. The first-order chi connectivity index (χ1) is 14.5. The van der Waals surface area contributed by atoms with E-state index < -0.39 is 5.97 Å². The Bertz CT molecular complexity index is 1270. The van der Waals surface area contributed by atoms with Crippen molar-refractivity contribution in [1.82, 2.24) is 14.5 Å². The Kier molecular flexibility index (Phi) is 5.65. The molecule has 7 nitrogen and oxygen atoms in total. The topological polar surface area (TPSA) is 83.3 Å². The standard InChI is InChI=1S/C21H19N3O4S2/c1-4-28-21(26)17-12(2)16-19(30-17)22-11-24(20(16)25)9-14-10-29-18(23-14)13-5-7-15(27-3)8-6-13/h5-8,10-11H,4,9H2,1-3H3. The summed E-state index contributed by atoms with van der Waals surface area (Å²) in [6, 6.07) is 7.68. The van der Waals surface area contributed by atoms with Gasteiger partial charge in [-0.25, -0.2) is 14.8 Å². The third-order valence-corrected chi connectivity index (χ3v) is 6.72. The van der Waals surface area contributed by atoms with Gasteiger partial charge in [0.1, 0.15) is 20.5 Å². The van der Waals surface area contributed by atoms with E-state index in [0.29, 0.717) is 27.2 Å². The van der Waals surface area contributed by atoms with Gasteiger partial charge in [-0.15, -0.1) is 22.7 Å². The summed E-state index contributed by atoms with van der Waals surface area (Å²) in [5.41, 5.74) is 2.18. The van der Waals surface area contributed by atoms with Gasteiger partial charge >= 0.3 is 5.97 Å². The average molecular weight is 442 g/mol. The molecule has 0 bridgehead atoms. The summed E-state index contributed by atoms with van der Waals surface area (Å²) in [5, 5.41) is 3.25. The molecular weight excluding hydrogens is 422 g/mol. The molecular formula is C21H19N3O4S2. The van der Waals surface area contributed by atoms with E-state index in [1.165, 1.54) is 33.6 Å². The van der Waals surface area contributed by atoms with Crippen molar-refractivity contribution in [3.8, 4) is 16.3 Å². The van der Waals surface area contributed by atoms with E-state index in [4.69, 9.17) is 9.47 Å². The van der Waals surface area contributed by atoms with Crippen molar-refractivity contribution >= 4 is 38.9 Å². The highest BCUT2D eigenvalue weighted by molar-refractivity contribution is 7.20. The third kappa shape index (κ3) is 3.73. The number of carbonyl (C=O) groups excluding carboxylic acids is 1. The Balaban J connectivity index is 1.63. The molecule has 0 saturated heterocycles. The van der Waals surface area contributed by atoms with Gasteiger partial charge in [0.2, 0.25) is 0 Å². The number of thiazole rings is 1. The van der Waals surface area contributed by atoms with Crippen LogP contribution < -0.4 is 10.3 Å². The first kappa shape index (κ1) is 20.2. The van der Waals surface area contributed by atoms with Crippen LogP contribution in [0.5, 0.6) is 5.75 Å². The minimum Gasteiger partial charge on any atom is -0.497 e. The highest BCUT2D eigenvalue weighted by Crippen LogP contribution is 2.28. The lowest BCUT2D eigenvalue weighted by molar-refractivity contribution is 0.0531. The molecule has 0 aliphatic heterocycles. The van der Waals surface area contributed by atoms with Crippen LogP contribution in [-0.4, -0.2) is 34.2 Å². The van der Waals surface area contributed by atoms with Crippen molar-refractivity contribution in [2.75, 3.05) is 13.7 Å². The molecule has 4 rings (SSSR count). The van der Waals surface area contributed by atoms with E-state index in [-0.39, 0.29) is 12.2 Å². The maximum Gasteiger partial charge on any atom is 0.348 e. The number of esters is 1. The molecule has 0 aliphatic carbocycles. The SMILES string of the molecule is CCOC(=O)c1sc2ncn(Cc3csc(-c4ccc(OC)cc4)n3)c(=O)c2c1C. The fourth-order valence-corrected chi connectivity index (χ4v) is 4.93. The Hall–Kier alpha value is -3.04. The van der Waals surface area contributed by atoms with Gasteiger partial charge in [-0.3, -0.25) is 9.36 Å². The maximum absolute atomic E-state index is 13.0. The van der Waals surface area contributed by atoms with E-state index in [9.17, 15) is 9.59 Å². The maximum atomic E-state index is 13.0. The van der Waals surface area contributed by atoms with Gasteiger partial charge in [0, 0.05) is 10.9 Å². The zero-order valence-electron chi connectivity index (χ0n) is 16.7. The Morgan fingerprint density at radius 1 is 1.23 bits per heavy atom. The van der Waals surface area contributed by atoms with Crippen LogP contribution in [0.1, 0.15) is 27.9 Å². The number of ether oxygens (including phenoxy) is 2. The Morgan fingerprint density at radius 3 is 2.70 bits per heavy atom. The van der Waals surface area contributed by atoms with Gasteiger partial charge in [0.25, 0.3) is 5.56 Å². The minimum absolute atomic E-state index is 0.191. The van der Waals surface area contributed by atoms with E-state index in [1.54, 1.807) is 21.0 Å². The quantitative estimate of drug-likeness (QED) is 0.419. The molecule has 0 aliphatic rings. The first-order valence-electron chi connectivity index (χ1n) is 9.26. The summed E-state index contributed by atoms with van der Waals surface area (Å²) in [6.07, 6.45) is 1.50. The van der Waals surface area contributed by atoms with Gasteiger partial charge < -0.3 is 9.47 Å². The van der Waals surface area contributed by atoms with Crippen LogP contribution >= 0.6 is 22.7 Å². The van der Waals surface area contributed by atoms with Gasteiger partial charge in [0.05, 0.1) is 37.7 Å². The normalized spacial score (nSPS) is 11.0. The van der Waals surface area contributed by atoms with Crippen LogP contribution in [0.25, 0.3) is 20.8 Å². The van der Waals surface area contributed by atoms with Crippen molar-refractivity contribution < 1.29 is 14.3 Å². The highest BCUT2D eigenvalue weighted by Gasteiger charge is 2.20. The largest absolute Gasteiger partial charge is 0.497 e. The van der Waals surface area contributed by atoms with Crippen molar-refractivity contribution in [1.29, 1.82) is 0 Å². The van der Waals surface area contributed by atoms with Crippen LogP contribution in [0.3, 0.4) is 0 Å². The van der Waals surface area contributed by atoms with Crippen LogP contribution in [-0.2, 0) is 11.3 Å². The van der Waals surface area contributed by atoms with Crippen molar-refractivity contribution in [2.45, 2.75) is 20.4 Å². The van der Waals surface area contributed by atoms with Crippen LogP contribution in [0.4, 0.5) is 0 Å². The van der Waals surface area contributed by atoms with Crippen LogP contribution in [0.2, 0.25) is 0 Å². The second-order valence-corrected chi connectivity index (χ2v) is 8.36. The zero-order valence-corrected chi connectivity index (χ0v) is 18.3. The van der Waals surface area contributed by atoms with Gasteiger partial charge in [-0.2, -0.15) is 0 Å². The van der Waals surface area contributed by atoms with E-state index >= 15 is 0 Å². The van der Waals surface area contributed by atoms with E-state index in [2.05, 4.69) is 9.97 Å². The number of nitrogens with zero attached hydrogens (tertiary/aromatic N) is 3. The second kappa shape index (κ2) is 8.37. The fraction of sp³-hybridized carbons (Fsp3) is 0.238. The predicted molar refractivity (Wildman–Crippen MR) is 118 cm³/mol. The fourth-order valence-electron chi connectivity index (χ4n) is 3.08. The molecule has 0 N–H and O–H groups in total. The number of carbonyl (C=O) groups is 1. The minimum atomic E-state index is -0.424. The van der Waals surface area contributed by atoms with Crippen LogP contribution in [0.15, 0.2) is 40.8 Å². The predicted octanol–water partition coefficient (Wildman–Crippen LogP) is 4.12.